The van der Waals surface area contributed by atoms with Gasteiger partial charge in [0.15, 0.2) is 6.29 Å². The maximum Gasteiger partial charge on any atom is 0.353 e. The van der Waals surface area contributed by atoms with Crippen LogP contribution in [-0.2, 0) is 7.05 Å². The van der Waals surface area contributed by atoms with Crippen LogP contribution >= 0.6 is 0 Å². The molecule has 0 atom stereocenters. The number of aryl methyl sites for hydroxylation is 1. The van der Waals surface area contributed by atoms with Crippen molar-refractivity contribution in [2.75, 3.05) is 0 Å². The van der Waals surface area contributed by atoms with Gasteiger partial charge in [0.1, 0.15) is 16.9 Å². The average Bonchev–Trinajstić information content (AvgIpc) is 3.02. The number of carboxylic acids is 1. The van der Waals surface area contributed by atoms with Crippen LogP contribution in [0.1, 0.15) is 20.8 Å². The monoisotopic (exact) mass is 293 g/mol. The third-order valence-corrected chi connectivity index (χ3v) is 4.05. The number of nitrogens with zero attached hydrogens (tertiary/aromatic N) is 1. The molecule has 2 aromatic heterocycles. The van der Waals surface area contributed by atoms with Gasteiger partial charge in [-0.2, -0.15) is 0 Å². The number of benzene rings is 2. The van der Waals surface area contributed by atoms with Crippen LogP contribution in [0.2, 0.25) is 0 Å². The molecule has 1 N–H and O–H groups in total. The Kier molecular flexibility index (Phi) is 2.42. The number of rotatable bonds is 2. The number of fused-ring (bicyclic) bond motifs is 5. The highest BCUT2D eigenvalue weighted by Gasteiger charge is 2.23. The molecule has 108 valence electrons. The van der Waals surface area contributed by atoms with Gasteiger partial charge in [-0.1, -0.05) is 18.2 Å². The van der Waals surface area contributed by atoms with Crippen molar-refractivity contribution in [3.8, 4) is 0 Å². The molecule has 0 aliphatic carbocycles. The number of carbonyl (C=O) groups excluding carboxylic acids is 1. The van der Waals surface area contributed by atoms with Gasteiger partial charge < -0.3 is 14.1 Å². The van der Waals surface area contributed by atoms with Crippen LogP contribution in [-0.4, -0.2) is 21.9 Å². The van der Waals surface area contributed by atoms with E-state index in [0.29, 0.717) is 22.8 Å². The molecule has 0 aliphatic rings. The van der Waals surface area contributed by atoms with Crippen molar-refractivity contribution >= 4 is 45.1 Å². The van der Waals surface area contributed by atoms with Gasteiger partial charge in [0, 0.05) is 17.8 Å². The predicted octanol–water partition coefficient (Wildman–Crippen LogP) is 3.59. The van der Waals surface area contributed by atoms with E-state index in [0.717, 1.165) is 16.4 Å². The summed E-state index contributed by atoms with van der Waals surface area (Å²) in [5.41, 5.74) is 2.28. The lowest BCUT2D eigenvalue weighted by Gasteiger charge is -2.00. The highest BCUT2D eigenvalue weighted by molar-refractivity contribution is 6.22. The van der Waals surface area contributed by atoms with E-state index in [2.05, 4.69) is 0 Å². The minimum atomic E-state index is -1.12. The second-order valence-electron chi connectivity index (χ2n) is 5.18. The second-order valence-corrected chi connectivity index (χ2v) is 5.18. The summed E-state index contributed by atoms with van der Waals surface area (Å²) in [5, 5.41) is 11.8. The number of hydrogen-bond donors (Lipinski definition) is 1. The summed E-state index contributed by atoms with van der Waals surface area (Å²) < 4.78 is 7.36. The lowest BCUT2D eigenvalue weighted by atomic mass is 10.1. The van der Waals surface area contributed by atoms with Crippen molar-refractivity contribution in [2.24, 2.45) is 7.05 Å². The Bertz CT molecular complexity index is 1080. The van der Waals surface area contributed by atoms with Crippen LogP contribution in [0.5, 0.6) is 0 Å². The maximum atomic E-state index is 11.5. The summed E-state index contributed by atoms with van der Waals surface area (Å²) in [5.74, 6) is -1.12. The van der Waals surface area contributed by atoms with Gasteiger partial charge in [-0.05, 0) is 18.2 Å². The molecule has 4 rings (SSSR count). The molecule has 2 aromatic carbocycles. The zero-order valence-electron chi connectivity index (χ0n) is 11.7. The molecule has 0 saturated heterocycles. The van der Waals surface area contributed by atoms with E-state index in [9.17, 15) is 14.7 Å². The Balaban J connectivity index is 2.34. The fourth-order valence-electron chi connectivity index (χ4n) is 3.16. The second kappa shape index (κ2) is 4.21. The molecule has 2 heterocycles. The van der Waals surface area contributed by atoms with Crippen molar-refractivity contribution in [2.45, 2.75) is 0 Å². The first kappa shape index (κ1) is 12.6. The Labute approximate surface area is 124 Å². The first-order valence-corrected chi connectivity index (χ1v) is 6.74. The summed E-state index contributed by atoms with van der Waals surface area (Å²) in [6.07, 6.45) is 0.597. The minimum absolute atomic E-state index is 0.0113. The number of para-hydroxylation sites is 1. The normalized spacial score (nSPS) is 11.5. The zero-order chi connectivity index (χ0) is 15.4. The Morgan fingerprint density at radius 2 is 1.91 bits per heavy atom. The molecule has 0 amide bonds. The van der Waals surface area contributed by atoms with Gasteiger partial charge in [0.25, 0.3) is 0 Å². The van der Waals surface area contributed by atoms with Crippen LogP contribution in [0.25, 0.3) is 32.8 Å². The molecular weight excluding hydrogens is 282 g/mol. The lowest BCUT2D eigenvalue weighted by Crippen LogP contribution is -2.06. The topological polar surface area (TPSA) is 72.4 Å². The molecule has 0 saturated carbocycles. The fourth-order valence-corrected chi connectivity index (χ4v) is 3.16. The van der Waals surface area contributed by atoms with Gasteiger partial charge in [-0.3, -0.25) is 4.79 Å². The molecule has 5 nitrogen and oxygen atoms in total. The molecular formula is C17H11NO4. The first-order chi connectivity index (χ1) is 10.6. The number of carboxylic acid groups (broad SMARTS) is 1. The molecule has 0 radical (unpaired) electrons. The molecule has 5 heteroatoms. The third-order valence-electron chi connectivity index (χ3n) is 4.05. The number of aromatic carboxylic acids is 1. The van der Waals surface area contributed by atoms with E-state index in [1.807, 2.05) is 24.3 Å². The Morgan fingerprint density at radius 3 is 2.64 bits per heavy atom. The summed E-state index contributed by atoms with van der Waals surface area (Å²) >= 11 is 0. The van der Waals surface area contributed by atoms with Gasteiger partial charge in [0.2, 0.25) is 0 Å². The van der Waals surface area contributed by atoms with Crippen LogP contribution in [0.4, 0.5) is 0 Å². The predicted molar refractivity (Wildman–Crippen MR) is 82.5 cm³/mol. The van der Waals surface area contributed by atoms with Gasteiger partial charge in [-0.25, -0.2) is 4.79 Å². The smallest absolute Gasteiger partial charge is 0.353 e. The maximum absolute atomic E-state index is 11.5. The first-order valence-electron chi connectivity index (χ1n) is 6.74. The number of aromatic nitrogens is 1. The van der Waals surface area contributed by atoms with E-state index in [1.54, 1.807) is 23.7 Å². The number of aldehydes is 1. The number of hydrogen-bond acceptors (Lipinski definition) is 3. The molecule has 0 fully saturated rings. The quantitative estimate of drug-likeness (QED) is 0.573. The van der Waals surface area contributed by atoms with E-state index < -0.39 is 5.97 Å². The highest BCUT2D eigenvalue weighted by atomic mass is 16.4. The SMILES string of the molecule is Cn1c(C(=O)O)c(C=O)c2ccc3oc4ccccc4c3c21. The molecule has 0 aliphatic heterocycles. The van der Waals surface area contributed by atoms with Gasteiger partial charge >= 0.3 is 5.97 Å². The van der Waals surface area contributed by atoms with Gasteiger partial charge in [-0.15, -0.1) is 0 Å². The van der Waals surface area contributed by atoms with E-state index in [4.69, 9.17) is 4.42 Å². The summed E-state index contributed by atoms with van der Waals surface area (Å²) in [6, 6.07) is 11.1. The fraction of sp³-hybridized carbons (Fsp3) is 0.0588. The largest absolute Gasteiger partial charge is 0.477 e. The standard InChI is InChI=1S/C17H11NO4/c1-18-15-9(11(8-19)16(18)17(20)21)6-7-13-14(15)10-4-2-3-5-12(10)22-13/h2-8H,1H3,(H,20,21). The molecule has 0 bridgehead atoms. The third kappa shape index (κ3) is 1.42. The summed E-state index contributed by atoms with van der Waals surface area (Å²) in [6.45, 7) is 0. The van der Waals surface area contributed by atoms with Crippen LogP contribution in [0.15, 0.2) is 40.8 Å². The summed E-state index contributed by atoms with van der Waals surface area (Å²) in [7, 11) is 1.65. The van der Waals surface area contributed by atoms with Crippen LogP contribution in [0.3, 0.4) is 0 Å². The van der Waals surface area contributed by atoms with Crippen molar-refractivity contribution in [3.63, 3.8) is 0 Å². The minimum Gasteiger partial charge on any atom is -0.477 e. The zero-order valence-corrected chi connectivity index (χ0v) is 11.7. The lowest BCUT2D eigenvalue weighted by molar-refractivity contribution is 0.0684. The van der Waals surface area contributed by atoms with E-state index >= 15 is 0 Å². The van der Waals surface area contributed by atoms with Crippen LogP contribution < -0.4 is 0 Å². The molecule has 4 aromatic rings. The van der Waals surface area contributed by atoms with Crippen molar-refractivity contribution in [3.05, 3.63) is 47.7 Å². The van der Waals surface area contributed by atoms with E-state index in [-0.39, 0.29) is 11.3 Å². The summed E-state index contributed by atoms with van der Waals surface area (Å²) in [4.78, 5) is 22.9. The molecule has 22 heavy (non-hydrogen) atoms. The van der Waals surface area contributed by atoms with Crippen LogP contribution in [0, 0.1) is 0 Å². The van der Waals surface area contributed by atoms with Crippen molar-refractivity contribution < 1.29 is 19.1 Å². The Hall–Kier alpha value is -3.08. The average molecular weight is 293 g/mol. The van der Waals surface area contributed by atoms with Gasteiger partial charge in [0.05, 0.1) is 16.5 Å². The van der Waals surface area contributed by atoms with Crippen molar-refractivity contribution in [1.29, 1.82) is 0 Å². The number of furan rings is 1. The Morgan fingerprint density at radius 1 is 1.14 bits per heavy atom. The molecule has 0 spiro atoms. The van der Waals surface area contributed by atoms with E-state index in [1.165, 1.54) is 0 Å². The number of carbonyl (C=O) groups is 2. The molecule has 0 unspecified atom stereocenters. The van der Waals surface area contributed by atoms with Crippen molar-refractivity contribution in [1.82, 2.24) is 4.57 Å². The highest BCUT2D eigenvalue weighted by Crippen LogP contribution is 2.37.